The highest BCUT2D eigenvalue weighted by molar-refractivity contribution is 7.25. The summed E-state index contributed by atoms with van der Waals surface area (Å²) in [6.07, 6.45) is 0. The molecular formula is C42H27NOS. The predicted octanol–water partition coefficient (Wildman–Crippen LogP) is 12.8. The molecule has 9 aromatic rings. The Morgan fingerprint density at radius 1 is 0.422 bits per heavy atom. The van der Waals surface area contributed by atoms with Crippen molar-refractivity contribution in [2.24, 2.45) is 0 Å². The number of benzene rings is 7. The van der Waals surface area contributed by atoms with Crippen LogP contribution in [-0.2, 0) is 0 Å². The maximum absolute atomic E-state index is 6.36. The highest BCUT2D eigenvalue weighted by atomic mass is 32.1. The molecule has 0 aliphatic heterocycles. The van der Waals surface area contributed by atoms with E-state index in [4.69, 9.17) is 4.42 Å². The van der Waals surface area contributed by atoms with Crippen molar-refractivity contribution in [2.45, 2.75) is 0 Å². The van der Waals surface area contributed by atoms with Crippen molar-refractivity contribution in [1.82, 2.24) is 0 Å². The molecule has 0 fully saturated rings. The fourth-order valence-electron chi connectivity index (χ4n) is 6.61. The van der Waals surface area contributed by atoms with Crippen LogP contribution in [0.3, 0.4) is 0 Å². The van der Waals surface area contributed by atoms with Gasteiger partial charge in [-0.3, -0.25) is 0 Å². The Labute approximate surface area is 265 Å². The molecule has 45 heavy (non-hydrogen) atoms. The van der Waals surface area contributed by atoms with Crippen LogP contribution in [0.15, 0.2) is 168 Å². The number of fused-ring (bicyclic) bond motifs is 6. The molecule has 2 aromatic heterocycles. The molecule has 2 heterocycles. The molecule has 9 rings (SSSR count). The van der Waals surface area contributed by atoms with Crippen molar-refractivity contribution in [3.63, 3.8) is 0 Å². The SMILES string of the molecule is c1ccc(-c2ccccc2N(c2cccc(-c3ccc4c(c3)sc3ccccc34)c2)c2cccc3oc4ccccc4c23)cc1. The van der Waals surface area contributed by atoms with Crippen LogP contribution in [0.2, 0.25) is 0 Å². The molecule has 0 bridgehead atoms. The van der Waals surface area contributed by atoms with Gasteiger partial charge >= 0.3 is 0 Å². The van der Waals surface area contributed by atoms with Gasteiger partial charge in [-0.25, -0.2) is 0 Å². The first-order chi connectivity index (χ1) is 22.3. The lowest BCUT2D eigenvalue weighted by Crippen LogP contribution is -2.11. The molecule has 0 saturated carbocycles. The second-order valence-corrected chi connectivity index (χ2v) is 12.4. The standard InChI is InChI=1S/C42H27NOS/c1-2-12-28(13-3-1)32-16-4-7-19-36(32)43(37-20-11-22-39-42(37)35-18-5-8-21-38(35)44-39)31-15-10-14-29(26-31)30-24-25-34-33-17-6-9-23-40(33)45-41(34)27-30/h1-27H. The van der Waals surface area contributed by atoms with Gasteiger partial charge in [-0.15, -0.1) is 11.3 Å². The average Bonchev–Trinajstić information content (AvgIpc) is 3.68. The predicted molar refractivity (Wildman–Crippen MR) is 192 cm³/mol. The number of anilines is 3. The third-order valence-electron chi connectivity index (χ3n) is 8.67. The molecular weight excluding hydrogens is 567 g/mol. The second-order valence-electron chi connectivity index (χ2n) is 11.3. The van der Waals surface area contributed by atoms with Crippen molar-refractivity contribution >= 4 is 70.5 Å². The summed E-state index contributed by atoms with van der Waals surface area (Å²) in [7, 11) is 0. The Morgan fingerprint density at radius 3 is 2.02 bits per heavy atom. The Hall–Kier alpha value is -5.64. The van der Waals surface area contributed by atoms with Crippen LogP contribution in [0, 0.1) is 0 Å². The molecule has 0 unspecified atom stereocenters. The van der Waals surface area contributed by atoms with Gasteiger partial charge in [0.2, 0.25) is 0 Å². The lowest BCUT2D eigenvalue weighted by atomic mass is 9.99. The summed E-state index contributed by atoms with van der Waals surface area (Å²) in [5.41, 5.74) is 9.77. The Balaban J connectivity index is 1.28. The molecule has 0 amide bonds. The van der Waals surface area contributed by atoms with Gasteiger partial charge in [0.25, 0.3) is 0 Å². The fraction of sp³-hybridized carbons (Fsp3) is 0. The minimum Gasteiger partial charge on any atom is -0.456 e. The third kappa shape index (κ3) is 4.32. The number of para-hydroxylation sites is 2. The molecule has 0 aliphatic carbocycles. The zero-order valence-corrected chi connectivity index (χ0v) is 25.2. The van der Waals surface area contributed by atoms with E-state index in [1.54, 1.807) is 0 Å². The number of hydrogen-bond donors (Lipinski definition) is 0. The van der Waals surface area contributed by atoms with Gasteiger partial charge in [0.15, 0.2) is 0 Å². The summed E-state index contributed by atoms with van der Waals surface area (Å²) in [5.74, 6) is 0. The van der Waals surface area contributed by atoms with Gasteiger partial charge in [0, 0.05) is 36.8 Å². The number of thiophene rings is 1. The number of rotatable bonds is 5. The van der Waals surface area contributed by atoms with Crippen LogP contribution in [0.25, 0.3) is 64.4 Å². The Morgan fingerprint density at radius 2 is 1.09 bits per heavy atom. The van der Waals surface area contributed by atoms with E-state index in [9.17, 15) is 0 Å². The lowest BCUT2D eigenvalue weighted by Gasteiger charge is -2.29. The summed E-state index contributed by atoms with van der Waals surface area (Å²) in [6.45, 7) is 0. The van der Waals surface area contributed by atoms with E-state index >= 15 is 0 Å². The van der Waals surface area contributed by atoms with Crippen LogP contribution in [-0.4, -0.2) is 0 Å². The van der Waals surface area contributed by atoms with E-state index in [-0.39, 0.29) is 0 Å². The van der Waals surface area contributed by atoms with Crippen LogP contribution >= 0.6 is 11.3 Å². The second kappa shape index (κ2) is 10.5. The minimum absolute atomic E-state index is 0.877. The molecule has 0 spiro atoms. The van der Waals surface area contributed by atoms with E-state index in [1.165, 1.54) is 42.4 Å². The molecule has 0 radical (unpaired) electrons. The van der Waals surface area contributed by atoms with Crippen LogP contribution in [0.1, 0.15) is 0 Å². The molecule has 2 nitrogen and oxygen atoms in total. The van der Waals surface area contributed by atoms with Crippen molar-refractivity contribution in [2.75, 3.05) is 4.90 Å². The number of hydrogen-bond acceptors (Lipinski definition) is 3. The average molecular weight is 594 g/mol. The lowest BCUT2D eigenvalue weighted by molar-refractivity contribution is 0.669. The highest BCUT2D eigenvalue weighted by Crippen LogP contribution is 2.46. The minimum atomic E-state index is 0.877. The van der Waals surface area contributed by atoms with Gasteiger partial charge in [0.1, 0.15) is 11.2 Å². The Kier molecular flexibility index (Phi) is 6.03. The van der Waals surface area contributed by atoms with Crippen molar-refractivity contribution in [3.8, 4) is 22.3 Å². The van der Waals surface area contributed by atoms with Crippen LogP contribution in [0.4, 0.5) is 17.1 Å². The largest absolute Gasteiger partial charge is 0.456 e. The molecule has 212 valence electrons. The maximum atomic E-state index is 6.36. The molecule has 0 saturated heterocycles. The quantitative estimate of drug-likeness (QED) is 0.197. The summed E-state index contributed by atoms with van der Waals surface area (Å²) >= 11 is 1.86. The van der Waals surface area contributed by atoms with E-state index in [0.717, 1.165) is 39.0 Å². The summed E-state index contributed by atoms with van der Waals surface area (Å²) < 4.78 is 8.99. The van der Waals surface area contributed by atoms with E-state index in [0.29, 0.717) is 0 Å². The first-order valence-electron chi connectivity index (χ1n) is 15.2. The summed E-state index contributed by atoms with van der Waals surface area (Å²) in [5, 5.41) is 4.85. The number of furan rings is 1. The van der Waals surface area contributed by atoms with Crippen molar-refractivity contribution in [1.29, 1.82) is 0 Å². The normalized spacial score (nSPS) is 11.6. The van der Waals surface area contributed by atoms with E-state index < -0.39 is 0 Å². The van der Waals surface area contributed by atoms with E-state index in [1.807, 2.05) is 23.5 Å². The van der Waals surface area contributed by atoms with Crippen molar-refractivity contribution < 1.29 is 4.42 Å². The third-order valence-corrected chi connectivity index (χ3v) is 9.80. The van der Waals surface area contributed by atoms with Crippen molar-refractivity contribution in [3.05, 3.63) is 164 Å². The molecule has 0 atom stereocenters. The first kappa shape index (κ1) is 25.8. The monoisotopic (exact) mass is 593 g/mol. The molecule has 3 heteroatoms. The highest BCUT2D eigenvalue weighted by Gasteiger charge is 2.22. The molecule has 0 N–H and O–H groups in total. The van der Waals surface area contributed by atoms with Gasteiger partial charge in [-0.2, -0.15) is 0 Å². The zero-order chi connectivity index (χ0) is 29.7. The maximum Gasteiger partial charge on any atom is 0.137 e. The van der Waals surface area contributed by atoms with Gasteiger partial charge in [-0.1, -0.05) is 115 Å². The van der Waals surface area contributed by atoms with E-state index in [2.05, 4.69) is 157 Å². The molecule has 0 aliphatic rings. The smallest absolute Gasteiger partial charge is 0.137 e. The number of nitrogens with zero attached hydrogens (tertiary/aromatic N) is 1. The fourth-order valence-corrected chi connectivity index (χ4v) is 7.76. The summed E-state index contributed by atoms with van der Waals surface area (Å²) in [6, 6.07) is 58.5. The van der Waals surface area contributed by atoms with Gasteiger partial charge < -0.3 is 9.32 Å². The van der Waals surface area contributed by atoms with Crippen LogP contribution in [0.5, 0.6) is 0 Å². The van der Waals surface area contributed by atoms with Gasteiger partial charge in [0.05, 0.1) is 16.8 Å². The van der Waals surface area contributed by atoms with Crippen LogP contribution < -0.4 is 4.90 Å². The topological polar surface area (TPSA) is 16.4 Å². The summed E-state index contributed by atoms with van der Waals surface area (Å²) in [4.78, 5) is 2.40. The van der Waals surface area contributed by atoms with Gasteiger partial charge in [-0.05, 0) is 65.2 Å². The zero-order valence-electron chi connectivity index (χ0n) is 24.4. The first-order valence-corrected chi connectivity index (χ1v) is 16.0. The molecule has 7 aromatic carbocycles. The Bertz CT molecular complexity index is 2510.